The second kappa shape index (κ2) is 18.6. The number of benzene rings is 3. The fourth-order valence-corrected chi connectivity index (χ4v) is 6.94. The van der Waals surface area contributed by atoms with Gasteiger partial charge in [0.15, 0.2) is 29.7 Å². The highest BCUT2D eigenvalue weighted by Gasteiger charge is 2.50. The van der Waals surface area contributed by atoms with E-state index in [0.717, 1.165) is 30.3 Å². The van der Waals surface area contributed by atoms with Crippen molar-refractivity contribution in [3.05, 3.63) is 76.5 Å². The minimum Gasteiger partial charge on any atom is -0.508 e. The summed E-state index contributed by atoms with van der Waals surface area (Å²) >= 11 is 0. The molecule has 0 radical (unpaired) electrons. The van der Waals surface area contributed by atoms with Crippen molar-refractivity contribution >= 4 is 23.0 Å². The fourth-order valence-electron chi connectivity index (χ4n) is 6.94. The van der Waals surface area contributed by atoms with Crippen LogP contribution < -0.4 is 14.9 Å². The molecule has 63 heavy (non-hydrogen) atoms. The maximum atomic E-state index is 14.3. The van der Waals surface area contributed by atoms with E-state index in [0.29, 0.717) is 5.56 Å². The zero-order valence-corrected chi connectivity index (χ0v) is 32.8. The molecule has 0 spiro atoms. The minimum absolute atomic E-state index is 0.00628. The molecule has 3 fully saturated rings. The first-order chi connectivity index (χ1) is 29.9. The molecule has 3 saturated heterocycles. The molecule has 340 valence electrons. The first-order valence-electron chi connectivity index (χ1n) is 19.3. The van der Waals surface area contributed by atoms with Crippen molar-refractivity contribution in [3.63, 3.8) is 0 Å². The van der Waals surface area contributed by atoms with E-state index in [2.05, 4.69) is 0 Å². The van der Waals surface area contributed by atoms with Gasteiger partial charge in [-0.2, -0.15) is 0 Å². The lowest BCUT2D eigenvalue weighted by atomic mass is 9.98. The van der Waals surface area contributed by atoms with Gasteiger partial charge in [-0.15, -0.1) is 0 Å². The molecule has 4 heterocycles. The molecule has 1 aromatic heterocycles. The van der Waals surface area contributed by atoms with E-state index in [1.165, 1.54) is 43.3 Å². The summed E-state index contributed by atoms with van der Waals surface area (Å²) < 4.78 is 45.4. The van der Waals surface area contributed by atoms with Crippen molar-refractivity contribution < 1.29 is 104 Å². The van der Waals surface area contributed by atoms with Crippen molar-refractivity contribution in [2.24, 2.45) is 0 Å². The van der Waals surface area contributed by atoms with Crippen LogP contribution in [0, 0.1) is 0 Å². The number of esters is 1. The van der Waals surface area contributed by atoms with Crippen LogP contribution in [0.15, 0.2) is 69.9 Å². The molecule has 22 heteroatoms. The van der Waals surface area contributed by atoms with E-state index in [1.807, 2.05) is 0 Å². The highest BCUT2D eigenvalue weighted by molar-refractivity contribution is 5.89. The van der Waals surface area contributed by atoms with Crippen LogP contribution in [0.2, 0.25) is 0 Å². The third-order valence-electron chi connectivity index (χ3n) is 10.5. The van der Waals surface area contributed by atoms with E-state index in [1.54, 1.807) is 0 Å². The molecule has 0 aliphatic carbocycles. The number of rotatable bonds is 11. The fraction of sp³-hybridized carbons (Fsp3) is 0.415. The number of aliphatic hydroxyl groups is 8. The smallest absolute Gasteiger partial charge is 0.330 e. The van der Waals surface area contributed by atoms with Gasteiger partial charge in [-0.05, 0) is 48.9 Å². The predicted molar refractivity (Wildman–Crippen MR) is 208 cm³/mol. The minimum atomic E-state index is -2.04. The molecule has 14 atom stereocenters. The summed E-state index contributed by atoms with van der Waals surface area (Å²) in [5.74, 6) is -4.42. The van der Waals surface area contributed by atoms with Gasteiger partial charge >= 0.3 is 5.97 Å². The zero-order valence-electron chi connectivity index (χ0n) is 32.8. The zero-order chi connectivity index (χ0) is 45.4. The standard InChI is InChI=1S/C41H44O22/c1-15-28(48)32(52)34(54)39(58-15)59-19-11-22(45)27-24(12-19)60-36(17-5-8-20(43)21(44)10-17)37(31(27)51)62-41-38(29(49)23(46)13-57-41)63-40-35(55)33(53)30(50)25(61-40)14-56-26(47)9-4-16-2-6-18(42)7-3-16/h2-12,15,23,25,28-30,32-35,38-46,48-50,52-55H,13-14H2,1H3/t15-,23+,25+,28+,29-,30+,32+,33-,34+,35+,38+,39-,40-,41-/m1/s1. The van der Waals surface area contributed by atoms with Gasteiger partial charge in [-0.1, -0.05) is 12.1 Å². The number of phenolic OH excluding ortho intramolecular Hbond substituents is 4. The van der Waals surface area contributed by atoms with Crippen LogP contribution in [-0.4, -0.2) is 166 Å². The number of phenols is 4. The number of carbonyl (C=O) groups excluding carboxylic acids is 1. The van der Waals surface area contributed by atoms with Gasteiger partial charge in [0, 0.05) is 23.8 Å². The molecule has 3 aliphatic heterocycles. The summed E-state index contributed by atoms with van der Waals surface area (Å²) in [6.45, 7) is 0.0954. The molecule has 0 amide bonds. The number of fused-ring (bicyclic) bond motifs is 1. The molecule has 3 aromatic carbocycles. The summed E-state index contributed by atoms with van der Waals surface area (Å²) in [4.78, 5) is 26.8. The monoisotopic (exact) mass is 888 g/mol. The quantitative estimate of drug-likeness (QED) is 0.0458. The maximum absolute atomic E-state index is 14.3. The van der Waals surface area contributed by atoms with Crippen LogP contribution >= 0.6 is 0 Å². The average Bonchev–Trinajstić information content (AvgIpc) is 3.25. The van der Waals surface area contributed by atoms with E-state index in [9.17, 15) is 70.9 Å². The lowest BCUT2D eigenvalue weighted by Crippen LogP contribution is -2.63. The van der Waals surface area contributed by atoms with Crippen LogP contribution in [0.4, 0.5) is 0 Å². The van der Waals surface area contributed by atoms with Crippen molar-refractivity contribution in [2.45, 2.75) is 92.9 Å². The van der Waals surface area contributed by atoms with E-state index in [-0.39, 0.29) is 22.6 Å². The van der Waals surface area contributed by atoms with Crippen LogP contribution in [-0.2, 0) is 28.5 Å². The van der Waals surface area contributed by atoms with Gasteiger partial charge < -0.3 is 98.9 Å². The number of hydrogen-bond acceptors (Lipinski definition) is 22. The van der Waals surface area contributed by atoms with E-state index < -0.39 is 145 Å². The lowest BCUT2D eigenvalue weighted by molar-refractivity contribution is -0.348. The molecule has 0 saturated carbocycles. The Labute approximate surface area is 354 Å². The molecule has 0 bridgehead atoms. The Balaban J connectivity index is 1.17. The Hall–Kier alpha value is -5.60. The lowest BCUT2D eigenvalue weighted by Gasteiger charge is -2.44. The summed E-state index contributed by atoms with van der Waals surface area (Å²) in [7, 11) is 0. The van der Waals surface area contributed by atoms with Crippen LogP contribution in [0.25, 0.3) is 28.4 Å². The maximum Gasteiger partial charge on any atom is 0.330 e. The SMILES string of the molecule is C[C@H]1O[C@H](Oc2cc(O)c3c(=O)c(O[C@H]4OC[C@H](O)[C@@H](O)[C@@H]4O[C@H]4O[C@@H](COC(=O)C=Cc5ccc(O)cc5)[C@H](O)[C@@H](O)[C@@H]4O)c(-c4ccc(O)c(O)c4)oc3c2)[C@@H](O)[C@@H](O)[C@H]1O. The number of aliphatic hydroxyl groups excluding tert-OH is 8. The Morgan fingerprint density at radius 1 is 0.730 bits per heavy atom. The molecular weight excluding hydrogens is 844 g/mol. The third-order valence-corrected chi connectivity index (χ3v) is 10.5. The largest absolute Gasteiger partial charge is 0.508 e. The Morgan fingerprint density at radius 2 is 1.43 bits per heavy atom. The summed E-state index contributed by atoms with van der Waals surface area (Å²) in [5.41, 5.74) is -1.07. The normalized spacial score (nSPS) is 32.4. The topological polar surface area (TPSA) is 355 Å². The second-order valence-corrected chi connectivity index (χ2v) is 15.0. The first-order valence-corrected chi connectivity index (χ1v) is 19.3. The Morgan fingerprint density at radius 3 is 2.14 bits per heavy atom. The molecule has 4 aromatic rings. The number of ether oxygens (including phenoxy) is 7. The predicted octanol–water partition coefficient (Wildman–Crippen LogP) is -1.60. The Bertz CT molecular complexity index is 2350. The van der Waals surface area contributed by atoms with E-state index >= 15 is 0 Å². The molecule has 22 nitrogen and oxygen atoms in total. The summed E-state index contributed by atoms with van der Waals surface area (Å²) in [5, 5.41) is 125. The van der Waals surface area contributed by atoms with Crippen molar-refractivity contribution in [1.82, 2.24) is 0 Å². The summed E-state index contributed by atoms with van der Waals surface area (Å²) in [6, 6.07) is 11.1. The van der Waals surface area contributed by atoms with Gasteiger partial charge in [0.25, 0.3) is 0 Å². The van der Waals surface area contributed by atoms with Gasteiger partial charge in [0.05, 0.1) is 12.7 Å². The highest BCUT2D eigenvalue weighted by Crippen LogP contribution is 2.40. The number of carbonyl (C=O) groups is 1. The second-order valence-electron chi connectivity index (χ2n) is 15.0. The van der Waals surface area contributed by atoms with Gasteiger partial charge in [0.1, 0.15) is 89.8 Å². The highest BCUT2D eigenvalue weighted by atomic mass is 16.8. The van der Waals surface area contributed by atoms with Crippen molar-refractivity contribution in [2.75, 3.05) is 13.2 Å². The van der Waals surface area contributed by atoms with Crippen LogP contribution in [0.1, 0.15) is 12.5 Å². The molecule has 3 aliphatic rings. The molecule has 7 rings (SSSR count). The number of hydrogen-bond donors (Lipinski definition) is 12. The number of aromatic hydroxyl groups is 4. The van der Waals surface area contributed by atoms with Crippen molar-refractivity contribution in [3.8, 4) is 45.8 Å². The Kier molecular flexibility index (Phi) is 13.4. The molecule has 12 N–H and O–H groups in total. The van der Waals surface area contributed by atoms with E-state index in [4.69, 9.17) is 37.6 Å². The first kappa shape index (κ1) is 45.4. The molecular formula is C41H44O22. The van der Waals surface area contributed by atoms with Gasteiger partial charge in [-0.3, -0.25) is 4.79 Å². The van der Waals surface area contributed by atoms with Crippen LogP contribution in [0.3, 0.4) is 0 Å². The average molecular weight is 889 g/mol. The van der Waals surface area contributed by atoms with Gasteiger partial charge in [-0.25, -0.2) is 4.79 Å². The third kappa shape index (κ3) is 9.52. The van der Waals surface area contributed by atoms with Gasteiger partial charge in [0.2, 0.25) is 23.8 Å². The summed E-state index contributed by atoms with van der Waals surface area (Å²) in [6.07, 6.45) is -21.8. The van der Waals surface area contributed by atoms with Crippen molar-refractivity contribution in [1.29, 1.82) is 0 Å². The van der Waals surface area contributed by atoms with Crippen LogP contribution in [0.5, 0.6) is 34.5 Å². The molecule has 0 unspecified atom stereocenters.